The van der Waals surface area contributed by atoms with Crippen LogP contribution in [0.4, 0.5) is 5.69 Å². The molecule has 3 nitrogen and oxygen atoms in total. The van der Waals surface area contributed by atoms with Gasteiger partial charge in [-0.1, -0.05) is 37.6 Å². The molecular weight excluding hydrogens is 234 g/mol. The molecule has 1 atom stereocenters. The number of rotatable bonds is 2. The Bertz CT molecular complexity index is 456. The molecule has 4 heteroatoms. The molecule has 1 aliphatic heterocycles. The van der Waals surface area contributed by atoms with Gasteiger partial charge in [-0.2, -0.15) is 0 Å². The number of hydrogen-bond acceptors (Lipinski definition) is 3. The van der Waals surface area contributed by atoms with Crippen molar-refractivity contribution in [2.75, 3.05) is 11.4 Å². The first-order valence-electron chi connectivity index (χ1n) is 5.81. The number of nitrogens with two attached hydrogens (primary N) is 1. The van der Waals surface area contributed by atoms with Crippen LogP contribution in [0.15, 0.2) is 29.3 Å². The molecule has 1 aromatic carbocycles. The summed E-state index contributed by atoms with van der Waals surface area (Å²) in [6, 6.07) is 7.75. The number of guanidine groups is 1. The lowest BCUT2D eigenvalue weighted by Crippen LogP contribution is -2.53. The molecule has 2 rings (SSSR count). The third kappa shape index (κ3) is 1.89. The first kappa shape index (κ1) is 12.2. The van der Waals surface area contributed by atoms with E-state index in [-0.39, 0.29) is 5.54 Å². The SMILES string of the molecule is CC(C)C1(C)CN=C(N)N1c1ccccc1Cl. The maximum absolute atomic E-state index is 6.25. The van der Waals surface area contributed by atoms with Crippen LogP contribution in [0.25, 0.3) is 0 Å². The lowest BCUT2D eigenvalue weighted by molar-refractivity contribution is 0.366. The Balaban J connectivity index is 2.49. The van der Waals surface area contributed by atoms with E-state index < -0.39 is 0 Å². The molecule has 17 heavy (non-hydrogen) atoms. The summed E-state index contributed by atoms with van der Waals surface area (Å²) < 4.78 is 0. The summed E-state index contributed by atoms with van der Waals surface area (Å²) in [5.74, 6) is 0.984. The smallest absolute Gasteiger partial charge is 0.196 e. The van der Waals surface area contributed by atoms with Crippen LogP contribution in [0.5, 0.6) is 0 Å². The van der Waals surface area contributed by atoms with Gasteiger partial charge in [-0.05, 0) is 25.0 Å². The molecule has 0 radical (unpaired) electrons. The average Bonchev–Trinajstić information content (AvgIpc) is 2.58. The van der Waals surface area contributed by atoms with Gasteiger partial charge >= 0.3 is 0 Å². The van der Waals surface area contributed by atoms with Crippen LogP contribution in [-0.4, -0.2) is 18.0 Å². The molecule has 1 unspecified atom stereocenters. The summed E-state index contributed by atoms with van der Waals surface area (Å²) >= 11 is 6.25. The Labute approximate surface area is 107 Å². The summed E-state index contributed by atoms with van der Waals surface area (Å²) in [6.07, 6.45) is 0. The van der Waals surface area contributed by atoms with E-state index in [0.717, 1.165) is 5.69 Å². The van der Waals surface area contributed by atoms with Gasteiger partial charge in [0.2, 0.25) is 0 Å². The topological polar surface area (TPSA) is 41.6 Å². The van der Waals surface area contributed by atoms with Gasteiger partial charge in [0, 0.05) is 0 Å². The van der Waals surface area contributed by atoms with Crippen LogP contribution < -0.4 is 10.6 Å². The quantitative estimate of drug-likeness (QED) is 0.878. The van der Waals surface area contributed by atoms with Gasteiger partial charge in [0.15, 0.2) is 5.96 Å². The molecule has 1 heterocycles. The zero-order chi connectivity index (χ0) is 12.6. The van der Waals surface area contributed by atoms with E-state index in [9.17, 15) is 0 Å². The van der Waals surface area contributed by atoms with Crippen molar-refractivity contribution in [3.63, 3.8) is 0 Å². The third-order valence-corrected chi connectivity index (χ3v) is 3.96. The lowest BCUT2D eigenvalue weighted by atomic mass is 9.87. The molecule has 0 spiro atoms. The van der Waals surface area contributed by atoms with Crippen molar-refractivity contribution in [3.8, 4) is 0 Å². The van der Waals surface area contributed by atoms with Crippen molar-refractivity contribution in [1.29, 1.82) is 0 Å². The summed E-state index contributed by atoms with van der Waals surface area (Å²) in [5, 5.41) is 0.708. The summed E-state index contributed by atoms with van der Waals surface area (Å²) in [6.45, 7) is 7.24. The number of halogens is 1. The van der Waals surface area contributed by atoms with Crippen LogP contribution in [0, 0.1) is 5.92 Å². The van der Waals surface area contributed by atoms with E-state index in [1.807, 2.05) is 24.3 Å². The molecule has 0 fully saturated rings. The average molecular weight is 252 g/mol. The largest absolute Gasteiger partial charge is 0.369 e. The normalized spacial score (nSPS) is 24.3. The number of nitrogens with zero attached hydrogens (tertiary/aromatic N) is 2. The molecular formula is C13H18ClN3. The van der Waals surface area contributed by atoms with Crippen molar-refractivity contribution in [2.45, 2.75) is 26.3 Å². The van der Waals surface area contributed by atoms with Crippen molar-refractivity contribution in [2.24, 2.45) is 16.6 Å². The predicted molar refractivity (Wildman–Crippen MR) is 73.7 cm³/mol. The fraction of sp³-hybridized carbons (Fsp3) is 0.462. The Morgan fingerprint density at radius 2 is 2.06 bits per heavy atom. The van der Waals surface area contributed by atoms with Crippen LogP contribution >= 0.6 is 11.6 Å². The molecule has 0 saturated heterocycles. The molecule has 2 N–H and O–H groups in total. The van der Waals surface area contributed by atoms with Crippen molar-refractivity contribution >= 4 is 23.2 Å². The molecule has 1 aliphatic rings. The van der Waals surface area contributed by atoms with E-state index in [4.69, 9.17) is 17.3 Å². The highest BCUT2D eigenvalue weighted by atomic mass is 35.5. The highest BCUT2D eigenvalue weighted by molar-refractivity contribution is 6.34. The van der Waals surface area contributed by atoms with Gasteiger partial charge in [-0.15, -0.1) is 0 Å². The highest BCUT2D eigenvalue weighted by Gasteiger charge is 2.42. The Morgan fingerprint density at radius 3 is 2.65 bits per heavy atom. The van der Waals surface area contributed by atoms with Crippen molar-refractivity contribution in [3.05, 3.63) is 29.3 Å². The van der Waals surface area contributed by atoms with Crippen LogP contribution in [0.2, 0.25) is 5.02 Å². The molecule has 0 aromatic heterocycles. The maximum atomic E-state index is 6.25. The minimum atomic E-state index is -0.102. The Morgan fingerprint density at radius 1 is 1.41 bits per heavy atom. The fourth-order valence-electron chi connectivity index (χ4n) is 2.12. The monoisotopic (exact) mass is 251 g/mol. The number of aliphatic imine (C=N–C) groups is 1. The summed E-state index contributed by atoms with van der Waals surface area (Å²) in [7, 11) is 0. The van der Waals surface area contributed by atoms with Crippen molar-refractivity contribution in [1.82, 2.24) is 0 Å². The predicted octanol–water partition coefficient (Wildman–Crippen LogP) is 2.89. The van der Waals surface area contributed by atoms with Gasteiger partial charge in [0.05, 0.1) is 22.8 Å². The second-order valence-corrected chi connectivity index (χ2v) is 5.38. The number of hydrogen-bond donors (Lipinski definition) is 1. The van der Waals surface area contributed by atoms with Gasteiger partial charge in [0.1, 0.15) is 0 Å². The maximum Gasteiger partial charge on any atom is 0.196 e. The van der Waals surface area contributed by atoms with Crippen LogP contribution in [-0.2, 0) is 0 Å². The first-order valence-corrected chi connectivity index (χ1v) is 6.19. The van der Waals surface area contributed by atoms with E-state index >= 15 is 0 Å². The fourth-order valence-corrected chi connectivity index (χ4v) is 2.34. The van der Waals surface area contributed by atoms with Crippen LogP contribution in [0.3, 0.4) is 0 Å². The first-order chi connectivity index (χ1) is 7.97. The molecule has 0 saturated carbocycles. The molecule has 0 amide bonds. The van der Waals surface area contributed by atoms with Gasteiger partial charge in [-0.3, -0.25) is 4.99 Å². The number of benzene rings is 1. The van der Waals surface area contributed by atoms with E-state index in [1.54, 1.807) is 0 Å². The van der Waals surface area contributed by atoms with E-state index in [0.29, 0.717) is 23.4 Å². The Kier molecular flexibility index (Phi) is 3.04. The van der Waals surface area contributed by atoms with E-state index in [2.05, 4.69) is 30.7 Å². The lowest BCUT2D eigenvalue weighted by Gasteiger charge is -2.39. The third-order valence-electron chi connectivity index (χ3n) is 3.64. The second kappa shape index (κ2) is 4.22. The number of para-hydroxylation sites is 1. The zero-order valence-corrected chi connectivity index (χ0v) is 11.2. The second-order valence-electron chi connectivity index (χ2n) is 4.97. The zero-order valence-electron chi connectivity index (χ0n) is 10.4. The van der Waals surface area contributed by atoms with Crippen molar-refractivity contribution < 1.29 is 0 Å². The standard InChI is InChI=1S/C13H18ClN3/c1-9(2)13(3)8-16-12(15)17(13)11-7-5-4-6-10(11)14/h4-7,9H,8H2,1-3H3,(H2,15,16). The molecule has 0 bridgehead atoms. The molecule has 0 aliphatic carbocycles. The molecule has 1 aromatic rings. The summed E-state index contributed by atoms with van der Waals surface area (Å²) in [4.78, 5) is 6.43. The minimum absolute atomic E-state index is 0.102. The van der Waals surface area contributed by atoms with Gasteiger partial charge in [-0.25, -0.2) is 0 Å². The van der Waals surface area contributed by atoms with Gasteiger partial charge in [0.25, 0.3) is 0 Å². The van der Waals surface area contributed by atoms with Crippen LogP contribution in [0.1, 0.15) is 20.8 Å². The Hall–Kier alpha value is -1.22. The summed E-state index contributed by atoms with van der Waals surface area (Å²) in [5.41, 5.74) is 6.84. The van der Waals surface area contributed by atoms with E-state index in [1.165, 1.54) is 0 Å². The molecule has 92 valence electrons. The number of anilines is 1. The minimum Gasteiger partial charge on any atom is -0.369 e. The highest BCUT2D eigenvalue weighted by Crippen LogP contribution is 2.37. The van der Waals surface area contributed by atoms with Gasteiger partial charge < -0.3 is 10.6 Å².